The number of aromatic nitrogens is 2. The van der Waals surface area contributed by atoms with Crippen molar-refractivity contribution < 1.29 is 9.59 Å². The summed E-state index contributed by atoms with van der Waals surface area (Å²) in [5.41, 5.74) is 7.61. The summed E-state index contributed by atoms with van der Waals surface area (Å²) in [6.45, 7) is 0.193. The minimum atomic E-state index is -0.456. The van der Waals surface area contributed by atoms with Crippen LogP contribution in [0.2, 0.25) is 0 Å². The van der Waals surface area contributed by atoms with Gasteiger partial charge in [0.25, 0.3) is 0 Å². The molecule has 0 radical (unpaired) electrons. The molecule has 0 fully saturated rings. The van der Waals surface area contributed by atoms with Crippen molar-refractivity contribution >= 4 is 50.0 Å². The first-order valence-electron chi connectivity index (χ1n) is 8.39. The summed E-state index contributed by atoms with van der Waals surface area (Å²) in [5, 5.41) is 14.7. The second kappa shape index (κ2) is 7.08. The summed E-state index contributed by atoms with van der Waals surface area (Å²) in [6, 6.07) is 13.7. The van der Waals surface area contributed by atoms with Gasteiger partial charge in [-0.15, -0.1) is 11.3 Å². The predicted molar refractivity (Wildman–Crippen MR) is 108 cm³/mol. The van der Waals surface area contributed by atoms with E-state index in [4.69, 9.17) is 5.73 Å². The van der Waals surface area contributed by atoms with Gasteiger partial charge in [0.1, 0.15) is 0 Å². The number of carbonyl (C=O) groups excluding carboxylic acids is 2. The highest BCUT2D eigenvalue weighted by atomic mass is 32.1. The van der Waals surface area contributed by atoms with E-state index >= 15 is 0 Å². The van der Waals surface area contributed by atoms with Gasteiger partial charge in [0.15, 0.2) is 0 Å². The summed E-state index contributed by atoms with van der Waals surface area (Å²) in [5.74, 6) is -0.456. The second-order valence-corrected chi connectivity index (χ2v) is 7.19. The molecular weight excluding hydrogens is 362 g/mol. The molecule has 0 aliphatic carbocycles. The van der Waals surface area contributed by atoms with Crippen LogP contribution in [0.1, 0.15) is 6.42 Å². The molecule has 2 aromatic carbocycles. The molecule has 4 aromatic rings. The number of rotatable bonds is 5. The molecule has 0 unspecified atom stereocenters. The smallest absolute Gasteiger partial charge is 0.319 e. The zero-order valence-corrected chi connectivity index (χ0v) is 15.1. The number of nitrogens with one attached hydrogen (secondary N) is 3. The molecule has 136 valence electrons. The van der Waals surface area contributed by atoms with Gasteiger partial charge in [0.2, 0.25) is 5.91 Å². The number of anilines is 1. The van der Waals surface area contributed by atoms with Crippen molar-refractivity contribution in [1.29, 1.82) is 0 Å². The molecule has 7 nitrogen and oxygen atoms in total. The molecule has 4 rings (SSSR count). The van der Waals surface area contributed by atoms with E-state index in [0.29, 0.717) is 5.69 Å². The monoisotopic (exact) mass is 379 g/mol. The molecule has 0 saturated heterocycles. The lowest BCUT2D eigenvalue weighted by Crippen LogP contribution is -2.31. The van der Waals surface area contributed by atoms with E-state index in [-0.39, 0.29) is 19.0 Å². The van der Waals surface area contributed by atoms with E-state index < -0.39 is 5.91 Å². The van der Waals surface area contributed by atoms with Crippen LogP contribution in [-0.2, 0) is 4.79 Å². The van der Waals surface area contributed by atoms with Crippen LogP contribution in [0, 0.1) is 0 Å². The molecular formula is C19H17N5O2S. The quantitative estimate of drug-likeness (QED) is 0.426. The van der Waals surface area contributed by atoms with E-state index in [9.17, 15) is 9.59 Å². The van der Waals surface area contributed by atoms with Crippen molar-refractivity contribution in [3.05, 3.63) is 48.7 Å². The number of primary amides is 1. The molecule has 0 atom stereocenters. The Bertz CT molecular complexity index is 1110. The van der Waals surface area contributed by atoms with E-state index in [1.54, 1.807) is 17.5 Å². The van der Waals surface area contributed by atoms with E-state index in [2.05, 4.69) is 39.0 Å². The Morgan fingerprint density at radius 3 is 2.81 bits per heavy atom. The lowest BCUT2D eigenvalue weighted by atomic mass is 10.1. The topological polar surface area (TPSA) is 113 Å². The van der Waals surface area contributed by atoms with Crippen LogP contribution in [0.5, 0.6) is 0 Å². The fourth-order valence-corrected chi connectivity index (χ4v) is 4.00. The maximum Gasteiger partial charge on any atom is 0.319 e. The first-order chi connectivity index (χ1) is 13.1. The van der Waals surface area contributed by atoms with Gasteiger partial charge in [-0.05, 0) is 29.7 Å². The lowest BCUT2D eigenvalue weighted by molar-refractivity contribution is -0.117. The SMILES string of the molecule is NC(=O)CCNC(=O)Nc1cc(-c2cc3ccccc3s2)c2[nH]ncc2c1. The van der Waals surface area contributed by atoms with E-state index in [1.165, 1.54) is 10.1 Å². The number of fused-ring (bicyclic) bond motifs is 2. The van der Waals surface area contributed by atoms with Crippen LogP contribution in [0.4, 0.5) is 10.5 Å². The first kappa shape index (κ1) is 17.0. The Labute approximate surface area is 158 Å². The van der Waals surface area contributed by atoms with E-state index in [0.717, 1.165) is 21.3 Å². The van der Waals surface area contributed by atoms with Gasteiger partial charge < -0.3 is 16.4 Å². The second-order valence-electron chi connectivity index (χ2n) is 6.10. The van der Waals surface area contributed by atoms with Crippen molar-refractivity contribution in [3.8, 4) is 10.4 Å². The highest BCUT2D eigenvalue weighted by Crippen LogP contribution is 2.38. The zero-order chi connectivity index (χ0) is 18.8. The van der Waals surface area contributed by atoms with E-state index in [1.807, 2.05) is 24.3 Å². The first-order valence-corrected chi connectivity index (χ1v) is 9.21. The van der Waals surface area contributed by atoms with Gasteiger partial charge in [0, 0.05) is 39.2 Å². The Hall–Kier alpha value is -3.39. The number of hydrogen-bond donors (Lipinski definition) is 4. The molecule has 5 N–H and O–H groups in total. The standard InChI is InChI=1S/C19H17N5O2S/c20-17(25)5-6-21-19(26)23-13-7-12-10-22-24-18(12)14(9-13)16-8-11-3-1-2-4-15(11)27-16/h1-4,7-10H,5-6H2,(H2,20,25)(H,22,24)(H2,21,23,26). The van der Waals surface area contributed by atoms with Crippen molar-refractivity contribution in [2.45, 2.75) is 6.42 Å². The number of nitrogens with two attached hydrogens (primary N) is 1. The number of benzene rings is 2. The maximum absolute atomic E-state index is 12.1. The summed E-state index contributed by atoms with van der Waals surface area (Å²) < 4.78 is 1.20. The van der Waals surface area contributed by atoms with Crippen LogP contribution < -0.4 is 16.4 Å². The van der Waals surface area contributed by atoms with Gasteiger partial charge in [-0.3, -0.25) is 9.89 Å². The zero-order valence-electron chi connectivity index (χ0n) is 14.3. The third kappa shape index (κ3) is 3.61. The highest BCUT2D eigenvalue weighted by molar-refractivity contribution is 7.22. The van der Waals surface area contributed by atoms with Crippen molar-refractivity contribution in [1.82, 2.24) is 15.5 Å². The van der Waals surface area contributed by atoms with Crippen molar-refractivity contribution in [2.75, 3.05) is 11.9 Å². The largest absolute Gasteiger partial charge is 0.370 e. The van der Waals surface area contributed by atoms with Crippen LogP contribution in [-0.4, -0.2) is 28.7 Å². The number of amides is 3. The number of hydrogen-bond acceptors (Lipinski definition) is 4. The molecule has 2 heterocycles. The number of aromatic amines is 1. The Balaban J connectivity index is 1.65. The van der Waals surface area contributed by atoms with Crippen LogP contribution >= 0.6 is 11.3 Å². The minimum absolute atomic E-state index is 0.0984. The Morgan fingerprint density at radius 1 is 1.15 bits per heavy atom. The summed E-state index contributed by atoms with van der Waals surface area (Å²) in [4.78, 5) is 23.9. The van der Waals surface area contributed by atoms with Crippen LogP contribution in [0.15, 0.2) is 48.7 Å². The third-order valence-electron chi connectivity index (χ3n) is 4.15. The number of urea groups is 1. The molecule has 2 aromatic heterocycles. The summed E-state index contributed by atoms with van der Waals surface area (Å²) in [7, 11) is 0. The fourth-order valence-electron chi connectivity index (χ4n) is 2.91. The predicted octanol–water partition coefficient (Wildman–Crippen LogP) is 3.44. The summed E-state index contributed by atoms with van der Waals surface area (Å²) in [6.07, 6.45) is 1.82. The van der Waals surface area contributed by atoms with Crippen molar-refractivity contribution in [2.24, 2.45) is 5.73 Å². The normalized spacial score (nSPS) is 11.0. The molecule has 0 bridgehead atoms. The highest BCUT2D eigenvalue weighted by Gasteiger charge is 2.12. The van der Waals surface area contributed by atoms with Gasteiger partial charge in [-0.25, -0.2) is 4.79 Å². The third-order valence-corrected chi connectivity index (χ3v) is 5.30. The Kier molecular flexibility index (Phi) is 4.47. The molecule has 27 heavy (non-hydrogen) atoms. The minimum Gasteiger partial charge on any atom is -0.370 e. The number of thiophene rings is 1. The van der Waals surface area contributed by atoms with Gasteiger partial charge >= 0.3 is 6.03 Å². The maximum atomic E-state index is 12.1. The average molecular weight is 379 g/mol. The molecule has 0 saturated carbocycles. The van der Waals surface area contributed by atoms with Crippen LogP contribution in [0.25, 0.3) is 31.4 Å². The van der Waals surface area contributed by atoms with Gasteiger partial charge in [-0.2, -0.15) is 5.10 Å². The average Bonchev–Trinajstić information content (AvgIpc) is 3.27. The fraction of sp³-hybridized carbons (Fsp3) is 0.105. The number of carbonyl (C=O) groups is 2. The van der Waals surface area contributed by atoms with Gasteiger partial charge in [-0.1, -0.05) is 18.2 Å². The molecule has 0 aliphatic heterocycles. The number of H-pyrrole nitrogens is 1. The molecule has 3 amide bonds. The molecule has 0 aliphatic rings. The molecule has 0 spiro atoms. The van der Waals surface area contributed by atoms with Gasteiger partial charge in [0.05, 0.1) is 11.7 Å². The lowest BCUT2D eigenvalue weighted by Gasteiger charge is -2.09. The molecule has 8 heteroatoms. The Morgan fingerprint density at radius 2 is 2.00 bits per heavy atom. The summed E-state index contributed by atoms with van der Waals surface area (Å²) >= 11 is 1.69. The number of nitrogens with zero attached hydrogens (tertiary/aromatic N) is 1. The van der Waals surface area contributed by atoms with Crippen molar-refractivity contribution in [3.63, 3.8) is 0 Å². The van der Waals surface area contributed by atoms with Crippen LogP contribution in [0.3, 0.4) is 0 Å².